The van der Waals surface area contributed by atoms with Crippen molar-refractivity contribution < 1.29 is 17.9 Å². The van der Waals surface area contributed by atoms with Gasteiger partial charge in [0, 0.05) is 22.6 Å². The number of hydrogen-bond donors (Lipinski definition) is 3. The standard InChI is InChI=1S/C20H22BrF3N6O2/c21-13-3-6-16(32-20(22,23)24)12(7-13)10-30-17-15(28-19(30)31)9-27-18(29-17)26-8-11-1-4-14(25)5-2-11/h3,6-7,9,11,14H,1-2,4-5,8,10,25H2,(H,28,31)(H,26,27,29). The number of nitrogens with zero attached hydrogens (tertiary/aromatic N) is 3. The van der Waals surface area contributed by atoms with Crippen molar-refractivity contribution >= 4 is 33.0 Å². The van der Waals surface area contributed by atoms with E-state index in [2.05, 4.69) is 40.9 Å². The van der Waals surface area contributed by atoms with Gasteiger partial charge in [-0.15, -0.1) is 13.2 Å². The zero-order valence-corrected chi connectivity index (χ0v) is 18.5. The number of aromatic nitrogens is 4. The van der Waals surface area contributed by atoms with Gasteiger partial charge < -0.3 is 20.8 Å². The maximum Gasteiger partial charge on any atom is 0.573 e. The minimum absolute atomic E-state index is 0.166. The van der Waals surface area contributed by atoms with Gasteiger partial charge in [-0.25, -0.2) is 9.78 Å². The average molecular weight is 515 g/mol. The molecule has 4 rings (SSSR count). The number of halogens is 4. The number of aromatic amines is 1. The van der Waals surface area contributed by atoms with Crippen molar-refractivity contribution in [2.75, 3.05) is 11.9 Å². The predicted molar refractivity (Wildman–Crippen MR) is 116 cm³/mol. The van der Waals surface area contributed by atoms with Crippen LogP contribution in [0.5, 0.6) is 5.75 Å². The smallest absolute Gasteiger partial charge is 0.405 e. The van der Waals surface area contributed by atoms with E-state index in [-0.39, 0.29) is 29.5 Å². The summed E-state index contributed by atoms with van der Waals surface area (Å²) in [6, 6.07) is 4.37. The molecule has 1 saturated carbocycles. The van der Waals surface area contributed by atoms with E-state index in [9.17, 15) is 18.0 Å². The molecule has 32 heavy (non-hydrogen) atoms. The van der Waals surface area contributed by atoms with Gasteiger partial charge in [-0.2, -0.15) is 4.98 Å². The third-order valence-electron chi connectivity index (χ3n) is 5.53. The summed E-state index contributed by atoms with van der Waals surface area (Å²) in [5.74, 6) is 0.428. The van der Waals surface area contributed by atoms with Crippen molar-refractivity contribution in [3.8, 4) is 5.75 Å². The van der Waals surface area contributed by atoms with Crippen molar-refractivity contribution in [2.45, 2.75) is 44.6 Å². The van der Waals surface area contributed by atoms with Gasteiger partial charge in [0.2, 0.25) is 5.95 Å². The molecule has 1 fully saturated rings. The number of imidazole rings is 1. The fraction of sp³-hybridized carbons (Fsp3) is 0.450. The lowest BCUT2D eigenvalue weighted by atomic mass is 9.86. The Morgan fingerprint density at radius 1 is 1.28 bits per heavy atom. The van der Waals surface area contributed by atoms with Crippen molar-refractivity contribution in [2.24, 2.45) is 11.7 Å². The number of rotatable bonds is 6. The lowest BCUT2D eigenvalue weighted by Crippen LogP contribution is -2.29. The van der Waals surface area contributed by atoms with E-state index >= 15 is 0 Å². The highest BCUT2D eigenvalue weighted by atomic mass is 79.9. The van der Waals surface area contributed by atoms with Crippen LogP contribution in [-0.2, 0) is 6.54 Å². The molecule has 1 aliphatic carbocycles. The van der Waals surface area contributed by atoms with Gasteiger partial charge in [0.1, 0.15) is 11.3 Å². The van der Waals surface area contributed by atoms with E-state index in [1.807, 2.05) is 0 Å². The van der Waals surface area contributed by atoms with Crippen molar-refractivity contribution in [3.63, 3.8) is 0 Å². The molecule has 172 valence electrons. The molecule has 2 heterocycles. The molecule has 0 aliphatic heterocycles. The summed E-state index contributed by atoms with van der Waals surface area (Å²) in [5.41, 5.74) is 6.29. The first-order valence-corrected chi connectivity index (χ1v) is 11.0. The second-order valence-corrected chi connectivity index (χ2v) is 8.82. The number of H-pyrrole nitrogens is 1. The molecular formula is C20H22BrF3N6O2. The normalized spacial score (nSPS) is 19.3. The van der Waals surface area contributed by atoms with Crippen LogP contribution in [0.25, 0.3) is 11.2 Å². The number of hydrogen-bond acceptors (Lipinski definition) is 6. The summed E-state index contributed by atoms with van der Waals surface area (Å²) < 4.78 is 44.3. The van der Waals surface area contributed by atoms with Crippen LogP contribution in [-0.4, -0.2) is 38.5 Å². The molecular weight excluding hydrogens is 493 g/mol. The average Bonchev–Trinajstić information content (AvgIpc) is 3.03. The minimum Gasteiger partial charge on any atom is -0.405 e. The molecule has 2 aromatic heterocycles. The maximum atomic E-state index is 12.8. The summed E-state index contributed by atoms with van der Waals surface area (Å²) in [6.07, 6.45) is 0.646. The highest BCUT2D eigenvalue weighted by Crippen LogP contribution is 2.30. The van der Waals surface area contributed by atoms with Gasteiger partial charge in [-0.1, -0.05) is 15.9 Å². The summed E-state index contributed by atoms with van der Waals surface area (Å²) in [4.78, 5) is 23.8. The third kappa shape index (κ3) is 5.41. The Balaban J connectivity index is 1.58. The molecule has 1 aromatic carbocycles. The minimum atomic E-state index is -4.85. The van der Waals surface area contributed by atoms with Gasteiger partial charge in [0.15, 0.2) is 5.65 Å². The van der Waals surface area contributed by atoms with E-state index in [4.69, 9.17) is 5.73 Å². The van der Waals surface area contributed by atoms with E-state index in [1.54, 1.807) is 0 Å². The molecule has 0 bridgehead atoms. The van der Waals surface area contributed by atoms with Crippen LogP contribution >= 0.6 is 15.9 Å². The maximum absolute atomic E-state index is 12.8. The molecule has 3 aromatic rings. The second-order valence-electron chi connectivity index (χ2n) is 7.91. The summed E-state index contributed by atoms with van der Waals surface area (Å²) >= 11 is 3.25. The van der Waals surface area contributed by atoms with Gasteiger partial charge >= 0.3 is 12.1 Å². The largest absolute Gasteiger partial charge is 0.573 e. The Hall–Kier alpha value is -2.60. The van der Waals surface area contributed by atoms with Crippen molar-refractivity contribution in [1.82, 2.24) is 19.5 Å². The summed E-state index contributed by atoms with van der Waals surface area (Å²) in [5, 5.41) is 3.20. The number of anilines is 1. The number of alkyl halides is 3. The van der Waals surface area contributed by atoms with Crippen LogP contribution in [0.3, 0.4) is 0 Å². The predicted octanol–water partition coefficient (Wildman–Crippen LogP) is 3.76. The number of nitrogens with two attached hydrogens (primary N) is 1. The fourth-order valence-corrected chi connectivity index (χ4v) is 4.28. The first kappa shape index (κ1) is 22.6. The Kier molecular flexibility index (Phi) is 6.42. The molecule has 1 aliphatic rings. The summed E-state index contributed by atoms with van der Waals surface area (Å²) in [6.45, 7) is 0.517. The van der Waals surface area contributed by atoms with Crippen LogP contribution in [0.15, 0.2) is 33.7 Å². The molecule has 8 nitrogen and oxygen atoms in total. The van der Waals surface area contributed by atoms with Gasteiger partial charge in [-0.05, 0) is 49.8 Å². The van der Waals surface area contributed by atoms with Crippen LogP contribution in [0.2, 0.25) is 0 Å². The molecule has 0 spiro atoms. The van der Waals surface area contributed by atoms with Gasteiger partial charge in [-0.3, -0.25) is 4.57 Å². The molecule has 0 amide bonds. The second kappa shape index (κ2) is 9.10. The molecule has 0 saturated heterocycles. The topological polar surface area (TPSA) is 111 Å². The van der Waals surface area contributed by atoms with Gasteiger partial charge in [0.05, 0.1) is 12.7 Å². The Morgan fingerprint density at radius 3 is 2.75 bits per heavy atom. The van der Waals surface area contributed by atoms with Crippen molar-refractivity contribution in [3.05, 3.63) is 44.9 Å². The molecule has 0 atom stereocenters. The molecule has 0 unspecified atom stereocenters. The number of fused-ring (bicyclic) bond motifs is 1. The Morgan fingerprint density at radius 2 is 2.03 bits per heavy atom. The summed E-state index contributed by atoms with van der Waals surface area (Å²) in [7, 11) is 0. The highest BCUT2D eigenvalue weighted by molar-refractivity contribution is 9.10. The van der Waals surface area contributed by atoms with Crippen LogP contribution < -0.4 is 21.5 Å². The van der Waals surface area contributed by atoms with Gasteiger partial charge in [0.25, 0.3) is 0 Å². The van der Waals surface area contributed by atoms with Crippen molar-refractivity contribution in [1.29, 1.82) is 0 Å². The first-order chi connectivity index (χ1) is 15.2. The SMILES string of the molecule is NC1CCC(CNc2ncc3[nH]c(=O)n(Cc4cc(Br)ccc4OC(F)(F)F)c3n2)CC1. The number of nitrogens with one attached hydrogen (secondary N) is 2. The van der Waals surface area contributed by atoms with E-state index < -0.39 is 12.1 Å². The zero-order chi connectivity index (χ0) is 22.9. The fourth-order valence-electron chi connectivity index (χ4n) is 3.87. The molecule has 12 heteroatoms. The Labute approximate surface area is 189 Å². The van der Waals surface area contributed by atoms with Crippen LogP contribution in [0, 0.1) is 5.92 Å². The highest BCUT2D eigenvalue weighted by Gasteiger charge is 2.32. The lowest BCUT2D eigenvalue weighted by molar-refractivity contribution is -0.274. The molecule has 4 N–H and O–H groups in total. The Bertz CT molecular complexity index is 1150. The van der Waals surface area contributed by atoms with E-state index in [1.165, 1.54) is 29.0 Å². The van der Waals surface area contributed by atoms with Crippen LogP contribution in [0.1, 0.15) is 31.2 Å². The number of ether oxygens (including phenoxy) is 1. The molecule has 0 radical (unpaired) electrons. The third-order valence-corrected chi connectivity index (χ3v) is 6.02. The quantitative estimate of drug-likeness (QED) is 0.461. The van der Waals surface area contributed by atoms with E-state index in [0.29, 0.717) is 28.4 Å². The van der Waals surface area contributed by atoms with E-state index in [0.717, 1.165) is 25.7 Å². The first-order valence-electron chi connectivity index (χ1n) is 10.2. The zero-order valence-electron chi connectivity index (χ0n) is 17.0. The lowest BCUT2D eigenvalue weighted by Gasteiger charge is -2.26. The number of benzene rings is 1. The monoisotopic (exact) mass is 514 g/mol. The van der Waals surface area contributed by atoms with Crippen LogP contribution in [0.4, 0.5) is 19.1 Å².